The molecule has 2 rings (SSSR count). The molecule has 1 N–H and O–H groups in total. The largest absolute Gasteiger partial charge is 0.481 e. The minimum Gasteiger partial charge on any atom is -0.481 e. The molecule has 23 heavy (non-hydrogen) atoms. The van der Waals surface area contributed by atoms with Gasteiger partial charge in [-0.25, -0.2) is 4.39 Å². The highest BCUT2D eigenvalue weighted by Crippen LogP contribution is 2.27. The maximum atomic E-state index is 13.4. The standard InChI is InChI=1S/C17H15FN2O2S/c1-11-7-13(23-10-19)8-12(2)17(11)20-16(21)9-22-15-6-4-3-5-14(15)18/h3-8H,9H2,1-2H3,(H,20,21). The van der Waals surface area contributed by atoms with Crippen LogP contribution in [0, 0.1) is 30.3 Å². The number of amides is 1. The Labute approximate surface area is 138 Å². The number of carbonyl (C=O) groups excluding carboxylic acids is 1. The zero-order chi connectivity index (χ0) is 16.8. The van der Waals surface area contributed by atoms with Crippen molar-refractivity contribution in [1.29, 1.82) is 5.26 Å². The summed E-state index contributed by atoms with van der Waals surface area (Å²) in [6.07, 6.45) is 0. The van der Waals surface area contributed by atoms with Crippen LogP contribution in [0.4, 0.5) is 10.1 Å². The molecule has 0 aliphatic rings. The zero-order valence-corrected chi connectivity index (χ0v) is 13.5. The van der Waals surface area contributed by atoms with E-state index < -0.39 is 5.82 Å². The van der Waals surface area contributed by atoms with Crippen molar-refractivity contribution in [2.75, 3.05) is 11.9 Å². The number of anilines is 1. The van der Waals surface area contributed by atoms with E-state index in [1.165, 1.54) is 12.1 Å². The summed E-state index contributed by atoms with van der Waals surface area (Å²) in [5, 5.41) is 13.5. The fraction of sp³-hybridized carbons (Fsp3) is 0.176. The molecule has 0 saturated heterocycles. The topological polar surface area (TPSA) is 62.1 Å². The highest BCUT2D eigenvalue weighted by atomic mass is 32.2. The number of ether oxygens (including phenoxy) is 1. The third-order valence-electron chi connectivity index (χ3n) is 3.13. The highest BCUT2D eigenvalue weighted by Gasteiger charge is 2.11. The van der Waals surface area contributed by atoms with Crippen molar-refractivity contribution in [2.45, 2.75) is 18.7 Å². The van der Waals surface area contributed by atoms with Gasteiger partial charge in [0, 0.05) is 10.6 Å². The highest BCUT2D eigenvalue weighted by molar-refractivity contribution is 8.03. The van der Waals surface area contributed by atoms with Gasteiger partial charge in [0.15, 0.2) is 18.2 Å². The van der Waals surface area contributed by atoms with Crippen molar-refractivity contribution in [1.82, 2.24) is 0 Å². The lowest BCUT2D eigenvalue weighted by Crippen LogP contribution is -2.21. The third kappa shape index (κ3) is 4.47. The average Bonchev–Trinajstić information content (AvgIpc) is 2.50. The Morgan fingerprint density at radius 2 is 1.96 bits per heavy atom. The van der Waals surface area contributed by atoms with Gasteiger partial charge >= 0.3 is 0 Å². The van der Waals surface area contributed by atoms with Crippen LogP contribution in [-0.2, 0) is 4.79 Å². The van der Waals surface area contributed by atoms with E-state index in [1.54, 1.807) is 12.1 Å². The van der Waals surface area contributed by atoms with Gasteiger partial charge in [-0.15, -0.1) is 0 Å². The van der Waals surface area contributed by atoms with Crippen molar-refractivity contribution < 1.29 is 13.9 Å². The smallest absolute Gasteiger partial charge is 0.262 e. The minimum atomic E-state index is -0.509. The van der Waals surface area contributed by atoms with Crippen molar-refractivity contribution in [3.63, 3.8) is 0 Å². The first kappa shape index (κ1) is 16.8. The second kappa shape index (κ2) is 7.65. The number of aryl methyl sites for hydroxylation is 2. The van der Waals surface area contributed by atoms with Crippen LogP contribution in [0.1, 0.15) is 11.1 Å². The number of benzene rings is 2. The lowest BCUT2D eigenvalue weighted by Gasteiger charge is -2.13. The molecular weight excluding hydrogens is 315 g/mol. The van der Waals surface area contributed by atoms with Gasteiger partial charge < -0.3 is 10.1 Å². The predicted octanol–water partition coefficient (Wildman–Crippen LogP) is 4.03. The SMILES string of the molecule is Cc1cc(SC#N)cc(C)c1NC(=O)COc1ccccc1F. The summed E-state index contributed by atoms with van der Waals surface area (Å²) in [6, 6.07) is 9.58. The van der Waals surface area contributed by atoms with Gasteiger partial charge in [-0.1, -0.05) is 12.1 Å². The fourth-order valence-electron chi connectivity index (χ4n) is 2.11. The minimum absolute atomic E-state index is 0.0388. The summed E-state index contributed by atoms with van der Waals surface area (Å²) < 4.78 is 18.6. The van der Waals surface area contributed by atoms with E-state index in [1.807, 2.05) is 31.4 Å². The number of para-hydroxylation sites is 1. The Balaban J connectivity index is 2.03. The van der Waals surface area contributed by atoms with E-state index in [0.29, 0.717) is 5.69 Å². The van der Waals surface area contributed by atoms with Crippen LogP contribution in [0.25, 0.3) is 0 Å². The number of carbonyl (C=O) groups is 1. The van der Waals surface area contributed by atoms with Crippen LogP contribution in [0.3, 0.4) is 0 Å². The van der Waals surface area contributed by atoms with E-state index >= 15 is 0 Å². The van der Waals surface area contributed by atoms with E-state index in [4.69, 9.17) is 10.00 Å². The molecule has 0 atom stereocenters. The number of hydrogen-bond donors (Lipinski definition) is 1. The van der Waals surface area contributed by atoms with Crippen LogP contribution < -0.4 is 10.1 Å². The number of thiocyanates is 1. The van der Waals surface area contributed by atoms with Crippen molar-refractivity contribution in [3.8, 4) is 11.2 Å². The molecule has 6 heteroatoms. The van der Waals surface area contributed by atoms with Gasteiger partial charge in [0.2, 0.25) is 0 Å². The van der Waals surface area contributed by atoms with Crippen molar-refractivity contribution in [3.05, 3.63) is 53.3 Å². The van der Waals surface area contributed by atoms with Gasteiger partial charge in [0.25, 0.3) is 5.91 Å². The molecule has 4 nitrogen and oxygen atoms in total. The molecular formula is C17H15FN2O2S. The first-order chi connectivity index (χ1) is 11.0. The molecule has 0 unspecified atom stereocenters. The van der Waals surface area contributed by atoms with Crippen LogP contribution >= 0.6 is 11.8 Å². The van der Waals surface area contributed by atoms with Crippen LogP contribution in [0.5, 0.6) is 5.75 Å². The van der Waals surface area contributed by atoms with Crippen molar-refractivity contribution in [2.24, 2.45) is 0 Å². The maximum Gasteiger partial charge on any atom is 0.262 e. The second-order valence-electron chi connectivity index (χ2n) is 4.89. The molecule has 0 spiro atoms. The van der Waals surface area contributed by atoms with E-state index in [9.17, 15) is 9.18 Å². The Bertz CT molecular complexity index is 748. The lowest BCUT2D eigenvalue weighted by molar-refractivity contribution is -0.118. The number of thioether (sulfide) groups is 1. The molecule has 0 aromatic heterocycles. The number of nitrogens with zero attached hydrogens (tertiary/aromatic N) is 1. The van der Waals surface area contributed by atoms with Crippen LogP contribution in [0.2, 0.25) is 0 Å². The Kier molecular flexibility index (Phi) is 5.61. The van der Waals surface area contributed by atoms with E-state index in [2.05, 4.69) is 5.32 Å². The second-order valence-corrected chi connectivity index (χ2v) is 5.75. The predicted molar refractivity (Wildman–Crippen MR) is 87.9 cm³/mol. The zero-order valence-electron chi connectivity index (χ0n) is 12.7. The van der Waals surface area contributed by atoms with Crippen LogP contribution in [0.15, 0.2) is 41.3 Å². The number of nitrogens with one attached hydrogen (secondary N) is 1. The van der Waals surface area contributed by atoms with E-state index in [0.717, 1.165) is 27.8 Å². The molecule has 2 aromatic carbocycles. The molecule has 0 fully saturated rings. The van der Waals surface area contributed by atoms with Gasteiger partial charge in [-0.05, 0) is 61.0 Å². The Hall–Kier alpha value is -2.52. The first-order valence-corrected chi connectivity index (χ1v) is 7.67. The van der Waals surface area contributed by atoms with Gasteiger partial charge in [0.1, 0.15) is 5.40 Å². The summed E-state index contributed by atoms with van der Waals surface area (Å²) >= 11 is 1.07. The normalized spacial score (nSPS) is 10.0. The number of halogens is 1. The molecule has 1 amide bonds. The molecule has 2 aromatic rings. The summed E-state index contributed by atoms with van der Waals surface area (Å²) in [5.74, 6) is -0.845. The Morgan fingerprint density at radius 3 is 2.57 bits per heavy atom. The summed E-state index contributed by atoms with van der Waals surface area (Å²) in [6.45, 7) is 3.41. The quantitative estimate of drug-likeness (QED) is 0.664. The molecule has 0 heterocycles. The molecule has 118 valence electrons. The first-order valence-electron chi connectivity index (χ1n) is 6.85. The fourth-order valence-corrected chi connectivity index (χ4v) is 2.69. The van der Waals surface area contributed by atoms with E-state index in [-0.39, 0.29) is 18.3 Å². The molecule has 0 bridgehead atoms. The molecule has 0 radical (unpaired) electrons. The summed E-state index contributed by atoms with van der Waals surface area (Å²) in [7, 11) is 0. The number of hydrogen-bond acceptors (Lipinski definition) is 4. The maximum absolute atomic E-state index is 13.4. The average molecular weight is 330 g/mol. The monoisotopic (exact) mass is 330 g/mol. The number of rotatable bonds is 5. The van der Waals surface area contributed by atoms with Gasteiger partial charge in [-0.2, -0.15) is 5.26 Å². The lowest BCUT2D eigenvalue weighted by atomic mass is 10.1. The molecule has 0 saturated carbocycles. The summed E-state index contributed by atoms with van der Waals surface area (Å²) in [5.41, 5.74) is 2.37. The third-order valence-corrected chi connectivity index (χ3v) is 3.69. The number of nitriles is 1. The molecule has 0 aliphatic carbocycles. The van der Waals surface area contributed by atoms with Crippen molar-refractivity contribution >= 4 is 23.4 Å². The summed E-state index contributed by atoms with van der Waals surface area (Å²) in [4.78, 5) is 12.8. The Morgan fingerprint density at radius 1 is 1.30 bits per heavy atom. The van der Waals surface area contributed by atoms with Gasteiger partial charge in [0.05, 0.1) is 0 Å². The van der Waals surface area contributed by atoms with Crippen LogP contribution in [-0.4, -0.2) is 12.5 Å². The van der Waals surface area contributed by atoms with Gasteiger partial charge in [-0.3, -0.25) is 4.79 Å². The molecule has 0 aliphatic heterocycles.